The quantitative estimate of drug-likeness (QED) is 0.904. The molecular formula is C16H20F2N4O2. The maximum Gasteiger partial charge on any atom is 0.252 e. The highest BCUT2D eigenvalue weighted by atomic mass is 19.3. The molecule has 0 radical (unpaired) electrons. The fourth-order valence-electron chi connectivity index (χ4n) is 3.62. The Morgan fingerprint density at radius 1 is 1.38 bits per heavy atom. The fourth-order valence-corrected chi connectivity index (χ4v) is 3.62. The van der Waals surface area contributed by atoms with E-state index in [4.69, 9.17) is 0 Å². The first-order valence-electron chi connectivity index (χ1n) is 8.33. The third-order valence-electron chi connectivity index (χ3n) is 5.27. The molecule has 2 heterocycles. The van der Waals surface area contributed by atoms with Crippen LogP contribution in [0.25, 0.3) is 0 Å². The Labute approximate surface area is 138 Å². The number of carbonyl (C=O) groups excluding carboxylic acids is 2. The van der Waals surface area contributed by atoms with Crippen molar-refractivity contribution in [1.29, 1.82) is 0 Å². The maximum atomic E-state index is 12.9. The highest BCUT2D eigenvalue weighted by Gasteiger charge is 2.48. The maximum absolute atomic E-state index is 12.9. The van der Waals surface area contributed by atoms with E-state index in [0.29, 0.717) is 12.5 Å². The highest BCUT2D eigenvalue weighted by molar-refractivity contribution is 5.85. The minimum Gasteiger partial charge on any atom is -0.351 e. The van der Waals surface area contributed by atoms with Crippen LogP contribution in [0.1, 0.15) is 37.9 Å². The molecule has 0 unspecified atom stereocenters. The largest absolute Gasteiger partial charge is 0.351 e. The third-order valence-corrected chi connectivity index (χ3v) is 5.27. The summed E-state index contributed by atoms with van der Waals surface area (Å²) >= 11 is 0. The van der Waals surface area contributed by atoms with Gasteiger partial charge in [0.25, 0.3) is 5.92 Å². The molecule has 1 N–H and O–H groups in total. The summed E-state index contributed by atoms with van der Waals surface area (Å²) in [5.41, 5.74) is 0.794. The van der Waals surface area contributed by atoms with E-state index in [-0.39, 0.29) is 37.1 Å². The molecule has 4 rings (SSSR count). The summed E-state index contributed by atoms with van der Waals surface area (Å²) in [7, 11) is 0. The van der Waals surface area contributed by atoms with Crippen LogP contribution >= 0.6 is 0 Å². The van der Waals surface area contributed by atoms with Crippen LogP contribution in [-0.4, -0.2) is 45.0 Å². The number of nitrogens with one attached hydrogen (secondary N) is 1. The smallest absolute Gasteiger partial charge is 0.252 e. The van der Waals surface area contributed by atoms with Crippen molar-refractivity contribution in [2.75, 3.05) is 6.54 Å². The van der Waals surface area contributed by atoms with E-state index < -0.39 is 18.0 Å². The SMILES string of the molecule is C[C@@H]1C[C@@H]1C(=O)N1Cc2ccnn2[C@H](C(=O)NC2CC(F)(F)C2)C1. The number of nitrogens with zero attached hydrogens (tertiary/aromatic N) is 3. The van der Waals surface area contributed by atoms with E-state index in [1.54, 1.807) is 21.8 Å². The Morgan fingerprint density at radius 3 is 2.71 bits per heavy atom. The number of amides is 2. The molecule has 0 saturated heterocycles. The van der Waals surface area contributed by atoms with E-state index in [2.05, 4.69) is 10.4 Å². The van der Waals surface area contributed by atoms with Crippen LogP contribution < -0.4 is 5.32 Å². The number of carbonyl (C=O) groups is 2. The van der Waals surface area contributed by atoms with Crippen LogP contribution in [0.4, 0.5) is 8.78 Å². The summed E-state index contributed by atoms with van der Waals surface area (Å²) in [4.78, 5) is 26.7. The molecule has 3 aliphatic rings. The highest BCUT2D eigenvalue weighted by Crippen LogP contribution is 2.40. The molecule has 2 aliphatic carbocycles. The van der Waals surface area contributed by atoms with Crippen molar-refractivity contribution in [2.24, 2.45) is 11.8 Å². The van der Waals surface area contributed by atoms with Gasteiger partial charge in [-0.05, 0) is 18.4 Å². The van der Waals surface area contributed by atoms with Gasteiger partial charge in [-0.3, -0.25) is 14.3 Å². The molecule has 3 atom stereocenters. The lowest BCUT2D eigenvalue weighted by atomic mass is 9.88. The van der Waals surface area contributed by atoms with Crippen molar-refractivity contribution >= 4 is 11.8 Å². The Kier molecular flexibility index (Phi) is 3.40. The lowest BCUT2D eigenvalue weighted by molar-refractivity contribution is -0.138. The summed E-state index contributed by atoms with van der Waals surface area (Å²) in [5.74, 6) is -2.50. The Bertz CT molecular complexity index is 681. The van der Waals surface area contributed by atoms with E-state index in [1.807, 2.05) is 6.92 Å². The Hall–Kier alpha value is -1.99. The van der Waals surface area contributed by atoms with Gasteiger partial charge in [-0.2, -0.15) is 5.10 Å². The molecule has 2 fully saturated rings. The predicted octanol–water partition coefficient (Wildman–Crippen LogP) is 1.34. The molecule has 1 aliphatic heterocycles. The van der Waals surface area contributed by atoms with Crippen molar-refractivity contribution in [3.05, 3.63) is 18.0 Å². The monoisotopic (exact) mass is 338 g/mol. The summed E-state index contributed by atoms with van der Waals surface area (Å²) < 4.78 is 27.5. The molecule has 0 bridgehead atoms. The van der Waals surface area contributed by atoms with Crippen molar-refractivity contribution < 1.29 is 18.4 Å². The predicted molar refractivity (Wildman–Crippen MR) is 80.1 cm³/mol. The van der Waals surface area contributed by atoms with Gasteiger partial charge in [-0.15, -0.1) is 0 Å². The van der Waals surface area contributed by atoms with Gasteiger partial charge < -0.3 is 10.2 Å². The summed E-state index contributed by atoms with van der Waals surface area (Å²) in [6, 6.07) is 0.630. The second-order valence-corrected chi connectivity index (χ2v) is 7.29. The van der Waals surface area contributed by atoms with Crippen molar-refractivity contribution in [1.82, 2.24) is 20.0 Å². The number of aromatic nitrogens is 2. The van der Waals surface area contributed by atoms with Gasteiger partial charge in [0.05, 0.1) is 18.8 Å². The van der Waals surface area contributed by atoms with Gasteiger partial charge in [0.1, 0.15) is 6.04 Å². The Morgan fingerprint density at radius 2 is 2.08 bits per heavy atom. The van der Waals surface area contributed by atoms with Crippen molar-refractivity contribution in [3.8, 4) is 0 Å². The number of hydrogen-bond donors (Lipinski definition) is 1. The zero-order chi connectivity index (χ0) is 17.1. The van der Waals surface area contributed by atoms with Crippen molar-refractivity contribution in [2.45, 2.75) is 50.7 Å². The van der Waals surface area contributed by atoms with Crippen molar-refractivity contribution in [3.63, 3.8) is 0 Å². The molecule has 8 heteroatoms. The minimum atomic E-state index is -2.68. The minimum absolute atomic E-state index is 0.0495. The summed E-state index contributed by atoms with van der Waals surface area (Å²) in [6.07, 6.45) is 1.85. The lowest BCUT2D eigenvalue weighted by Gasteiger charge is -2.38. The van der Waals surface area contributed by atoms with Crippen LogP contribution in [0.3, 0.4) is 0 Å². The Balaban J connectivity index is 1.47. The normalized spacial score (nSPS) is 31.1. The second kappa shape index (κ2) is 5.26. The topological polar surface area (TPSA) is 67.2 Å². The molecule has 2 saturated carbocycles. The first-order chi connectivity index (χ1) is 11.3. The van der Waals surface area contributed by atoms with Crippen LogP contribution in [0.5, 0.6) is 0 Å². The molecule has 1 aromatic heterocycles. The zero-order valence-electron chi connectivity index (χ0n) is 13.4. The standard InChI is InChI=1S/C16H20F2N4O2/c1-9-4-12(9)15(24)21-7-11-2-3-19-22(11)13(8-21)14(23)20-10-5-16(17,18)6-10/h2-3,9-10,12-13H,4-8H2,1H3,(H,20,23)/t9-,12+,13+/m1/s1. The number of halogens is 2. The van der Waals surface area contributed by atoms with Gasteiger partial charge in [0.15, 0.2) is 0 Å². The van der Waals surface area contributed by atoms with Crippen LogP contribution in [0, 0.1) is 11.8 Å². The van der Waals surface area contributed by atoms with Gasteiger partial charge in [-0.25, -0.2) is 8.78 Å². The zero-order valence-corrected chi connectivity index (χ0v) is 13.4. The lowest BCUT2D eigenvalue weighted by Crippen LogP contribution is -2.54. The molecule has 130 valence electrons. The number of fused-ring (bicyclic) bond motifs is 1. The average molecular weight is 338 g/mol. The summed E-state index contributed by atoms with van der Waals surface area (Å²) in [5, 5.41) is 6.85. The third kappa shape index (κ3) is 2.67. The first-order valence-corrected chi connectivity index (χ1v) is 8.33. The molecule has 0 aromatic carbocycles. The van der Waals surface area contributed by atoms with Gasteiger partial charge in [0.2, 0.25) is 11.8 Å². The van der Waals surface area contributed by atoms with Gasteiger partial charge >= 0.3 is 0 Å². The number of rotatable bonds is 3. The molecule has 2 amide bonds. The number of hydrogen-bond acceptors (Lipinski definition) is 3. The van der Waals surface area contributed by atoms with E-state index in [0.717, 1.165) is 12.1 Å². The van der Waals surface area contributed by atoms with Gasteiger partial charge in [-0.1, -0.05) is 6.92 Å². The van der Waals surface area contributed by atoms with Crippen LogP contribution in [0.15, 0.2) is 12.3 Å². The summed E-state index contributed by atoms with van der Waals surface area (Å²) in [6.45, 7) is 2.72. The van der Waals surface area contributed by atoms with Crippen LogP contribution in [-0.2, 0) is 16.1 Å². The fraction of sp³-hybridized carbons (Fsp3) is 0.688. The molecular weight excluding hydrogens is 318 g/mol. The number of alkyl halides is 2. The van der Waals surface area contributed by atoms with E-state index in [1.165, 1.54) is 0 Å². The van der Waals surface area contributed by atoms with Gasteiger partial charge in [0, 0.05) is 31.0 Å². The van der Waals surface area contributed by atoms with E-state index in [9.17, 15) is 18.4 Å². The second-order valence-electron chi connectivity index (χ2n) is 7.29. The average Bonchev–Trinajstić information content (AvgIpc) is 3.04. The first kappa shape index (κ1) is 15.5. The molecule has 24 heavy (non-hydrogen) atoms. The van der Waals surface area contributed by atoms with Crippen LogP contribution in [0.2, 0.25) is 0 Å². The van der Waals surface area contributed by atoms with E-state index >= 15 is 0 Å². The molecule has 6 nitrogen and oxygen atoms in total. The molecule has 1 aromatic rings. The molecule has 0 spiro atoms.